The molecule has 0 amide bonds. The number of carboxylic acid groups (broad SMARTS) is 1. The summed E-state index contributed by atoms with van der Waals surface area (Å²) in [5.74, 6) is -1.12. The summed E-state index contributed by atoms with van der Waals surface area (Å²) in [7, 11) is 0. The first-order valence-corrected chi connectivity index (χ1v) is 8.29. The van der Waals surface area contributed by atoms with Gasteiger partial charge in [-0.3, -0.25) is 0 Å². The predicted molar refractivity (Wildman–Crippen MR) is 79.8 cm³/mol. The number of unbranched alkanes of at least 4 members (excludes halogenated alkanes) is 5. The number of hydrogen-bond acceptors (Lipinski definition) is 3. The highest BCUT2D eigenvalue weighted by Gasteiger charge is 2.45. The Morgan fingerprint density at radius 1 is 1.05 bits per heavy atom. The second kappa shape index (κ2) is 7.62. The summed E-state index contributed by atoms with van der Waals surface area (Å²) >= 11 is 0. The van der Waals surface area contributed by atoms with Crippen molar-refractivity contribution < 1.29 is 19.4 Å². The van der Waals surface area contributed by atoms with Crippen molar-refractivity contribution in [3.05, 3.63) is 11.1 Å². The fourth-order valence-corrected chi connectivity index (χ4v) is 3.64. The quantitative estimate of drug-likeness (QED) is 0.520. The Morgan fingerprint density at radius 2 is 1.67 bits per heavy atom. The van der Waals surface area contributed by atoms with Crippen LogP contribution in [0.2, 0.25) is 0 Å². The maximum atomic E-state index is 12.1. The fraction of sp³-hybridized carbons (Fsp3) is 0.765. The minimum absolute atomic E-state index is 0.0732. The zero-order chi connectivity index (χ0) is 15.2. The normalized spacial score (nSPS) is 23.7. The molecule has 1 N–H and O–H groups in total. The molecule has 0 aromatic rings. The van der Waals surface area contributed by atoms with Crippen molar-refractivity contribution in [2.24, 2.45) is 11.8 Å². The molecule has 2 aliphatic carbocycles. The molecule has 1 saturated carbocycles. The molecule has 0 aromatic heterocycles. The lowest BCUT2D eigenvalue weighted by atomic mass is 9.92. The van der Waals surface area contributed by atoms with E-state index in [0.717, 1.165) is 32.1 Å². The van der Waals surface area contributed by atoms with Crippen LogP contribution in [0.15, 0.2) is 11.1 Å². The lowest BCUT2D eigenvalue weighted by Gasteiger charge is -2.16. The third-order valence-corrected chi connectivity index (χ3v) is 4.72. The van der Waals surface area contributed by atoms with Gasteiger partial charge in [-0.25, -0.2) is 9.59 Å². The first-order chi connectivity index (χ1) is 10.1. The summed E-state index contributed by atoms with van der Waals surface area (Å²) in [6.07, 6.45) is 9.51. The fourth-order valence-electron chi connectivity index (χ4n) is 3.64. The molecule has 0 radical (unpaired) electrons. The molecule has 4 heteroatoms. The number of esters is 1. The largest absolute Gasteiger partial charge is 0.478 e. The van der Waals surface area contributed by atoms with Crippen molar-refractivity contribution in [2.75, 3.05) is 6.61 Å². The van der Waals surface area contributed by atoms with Crippen LogP contribution in [-0.2, 0) is 14.3 Å². The van der Waals surface area contributed by atoms with Crippen molar-refractivity contribution in [3.63, 3.8) is 0 Å². The van der Waals surface area contributed by atoms with Gasteiger partial charge >= 0.3 is 11.9 Å². The summed E-state index contributed by atoms with van der Waals surface area (Å²) in [6, 6.07) is 0. The Balaban J connectivity index is 1.77. The van der Waals surface area contributed by atoms with Crippen LogP contribution in [0.3, 0.4) is 0 Å². The van der Waals surface area contributed by atoms with Crippen LogP contribution in [0.4, 0.5) is 0 Å². The van der Waals surface area contributed by atoms with Crippen LogP contribution in [0.1, 0.15) is 64.7 Å². The molecule has 2 atom stereocenters. The number of aliphatic carboxylic acids is 1. The van der Waals surface area contributed by atoms with Gasteiger partial charge in [-0.15, -0.1) is 0 Å². The van der Waals surface area contributed by atoms with Crippen LogP contribution in [-0.4, -0.2) is 23.7 Å². The molecule has 0 aromatic carbocycles. The molecular formula is C17H26O4. The number of hydrogen-bond donors (Lipinski definition) is 1. The van der Waals surface area contributed by atoms with Gasteiger partial charge in [-0.05, 0) is 37.5 Å². The Morgan fingerprint density at radius 3 is 2.33 bits per heavy atom. The van der Waals surface area contributed by atoms with Gasteiger partial charge in [0.2, 0.25) is 0 Å². The first kappa shape index (κ1) is 16.1. The molecule has 2 aliphatic rings. The van der Waals surface area contributed by atoms with Gasteiger partial charge in [0.05, 0.1) is 17.8 Å². The van der Waals surface area contributed by atoms with Gasteiger partial charge in [0.1, 0.15) is 0 Å². The van der Waals surface area contributed by atoms with Crippen LogP contribution in [0.5, 0.6) is 0 Å². The highest BCUT2D eigenvalue weighted by molar-refractivity contribution is 6.01. The van der Waals surface area contributed by atoms with Crippen LogP contribution in [0, 0.1) is 11.8 Å². The maximum absolute atomic E-state index is 12.1. The minimum atomic E-state index is -0.936. The molecule has 0 aliphatic heterocycles. The summed E-state index contributed by atoms with van der Waals surface area (Å²) in [5, 5.41) is 9.28. The minimum Gasteiger partial charge on any atom is -0.478 e. The topological polar surface area (TPSA) is 63.6 Å². The van der Waals surface area contributed by atoms with Crippen molar-refractivity contribution >= 4 is 11.9 Å². The van der Waals surface area contributed by atoms with E-state index in [1.165, 1.54) is 25.7 Å². The van der Waals surface area contributed by atoms with E-state index in [1.807, 2.05) is 0 Å². The maximum Gasteiger partial charge on any atom is 0.334 e. The first-order valence-electron chi connectivity index (χ1n) is 8.29. The SMILES string of the molecule is CCCCCCCCOC(=O)C1=C(C(=O)O)C2CCC1C2. The standard InChI is InChI=1S/C17H26O4/c1-2-3-4-5-6-7-10-21-17(20)15-13-9-8-12(11-13)14(15)16(18)19/h12-13H,2-11H2,1H3,(H,18,19). The molecule has 2 unspecified atom stereocenters. The molecule has 4 nitrogen and oxygen atoms in total. The molecule has 2 bridgehead atoms. The van der Waals surface area contributed by atoms with Gasteiger partial charge in [0.25, 0.3) is 0 Å². The number of ether oxygens (including phenoxy) is 1. The molecule has 2 rings (SSSR count). The van der Waals surface area contributed by atoms with Gasteiger partial charge < -0.3 is 9.84 Å². The van der Waals surface area contributed by atoms with Gasteiger partial charge in [-0.2, -0.15) is 0 Å². The Hall–Kier alpha value is -1.32. The summed E-state index contributed by atoms with van der Waals surface area (Å²) < 4.78 is 5.31. The molecule has 1 fully saturated rings. The second-order valence-electron chi connectivity index (χ2n) is 6.24. The molecule has 0 heterocycles. The summed E-state index contributed by atoms with van der Waals surface area (Å²) in [5.41, 5.74) is 0.795. The third-order valence-electron chi connectivity index (χ3n) is 4.72. The lowest BCUT2D eigenvalue weighted by molar-refractivity contribution is -0.141. The van der Waals surface area contributed by atoms with E-state index in [0.29, 0.717) is 17.8 Å². The van der Waals surface area contributed by atoms with Gasteiger partial charge in [0, 0.05) is 0 Å². The zero-order valence-corrected chi connectivity index (χ0v) is 12.9. The highest BCUT2D eigenvalue weighted by Crippen LogP contribution is 2.48. The van der Waals surface area contributed by atoms with Crippen LogP contribution in [0.25, 0.3) is 0 Å². The van der Waals surface area contributed by atoms with Crippen molar-refractivity contribution in [1.29, 1.82) is 0 Å². The van der Waals surface area contributed by atoms with Crippen molar-refractivity contribution in [3.8, 4) is 0 Å². The highest BCUT2D eigenvalue weighted by atomic mass is 16.5. The summed E-state index contributed by atoms with van der Waals surface area (Å²) in [6.45, 7) is 2.60. The molecule has 0 saturated heterocycles. The van der Waals surface area contributed by atoms with Crippen LogP contribution >= 0.6 is 0 Å². The number of carbonyl (C=O) groups excluding carboxylic acids is 1. The van der Waals surface area contributed by atoms with E-state index in [-0.39, 0.29) is 17.8 Å². The second-order valence-corrected chi connectivity index (χ2v) is 6.24. The van der Waals surface area contributed by atoms with Crippen molar-refractivity contribution in [1.82, 2.24) is 0 Å². The average molecular weight is 294 g/mol. The van der Waals surface area contributed by atoms with Gasteiger partial charge in [0.15, 0.2) is 0 Å². The third kappa shape index (κ3) is 3.86. The van der Waals surface area contributed by atoms with E-state index in [4.69, 9.17) is 4.74 Å². The lowest BCUT2D eigenvalue weighted by Crippen LogP contribution is -2.19. The predicted octanol–water partition coefficient (Wildman–Crippen LogP) is 3.70. The molecule has 118 valence electrons. The van der Waals surface area contributed by atoms with E-state index in [9.17, 15) is 14.7 Å². The Kier molecular flexibility index (Phi) is 5.83. The number of carboxylic acids is 1. The van der Waals surface area contributed by atoms with Crippen molar-refractivity contribution in [2.45, 2.75) is 64.7 Å². The van der Waals surface area contributed by atoms with Gasteiger partial charge in [-0.1, -0.05) is 39.0 Å². The van der Waals surface area contributed by atoms with E-state index < -0.39 is 5.97 Å². The van der Waals surface area contributed by atoms with E-state index in [1.54, 1.807) is 0 Å². The van der Waals surface area contributed by atoms with E-state index in [2.05, 4.69) is 6.92 Å². The molecule has 0 spiro atoms. The molecule has 21 heavy (non-hydrogen) atoms. The monoisotopic (exact) mass is 294 g/mol. The number of carbonyl (C=O) groups is 2. The van der Waals surface area contributed by atoms with Crippen LogP contribution < -0.4 is 0 Å². The Labute approximate surface area is 126 Å². The Bertz CT molecular complexity index is 425. The smallest absolute Gasteiger partial charge is 0.334 e. The number of fused-ring (bicyclic) bond motifs is 2. The summed E-state index contributed by atoms with van der Waals surface area (Å²) in [4.78, 5) is 23.5. The van der Waals surface area contributed by atoms with E-state index >= 15 is 0 Å². The zero-order valence-electron chi connectivity index (χ0n) is 12.9. The average Bonchev–Trinajstić information content (AvgIpc) is 3.06. The molecular weight excluding hydrogens is 268 g/mol. The number of rotatable bonds is 9.